The number of ether oxygens (including phenoxy) is 1. The molecule has 3 aromatic rings. The van der Waals surface area contributed by atoms with Crippen LogP contribution >= 0.6 is 0 Å². The number of esters is 1. The minimum Gasteiger partial charge on any atom is -0.465 e. The summed E-state index contributed by atoms with van der Waals surface area (Å²) >= 11 is 0. The quantitative estimate of drug-likeness (QED) is 0.438. The lowest BCUT2D eigenvalue weighted by Crippen LogP contribution is -2.19. The third kappa shape index (κ3) is 3.87. The van der Waals surface area contributed by atoms with Crippen LogP contribution in [0.2, 0.25) is 0 Å². The van der Waals surface area contributed by atoms with Crippen LogP contribution in [0.4, 0.5) is 0 Å². The Hall–Kier alpha value is -3.67. The van der Waals surface area contributed by atoms with Crippen molar-refractivity contribution in [3.8, 4) is 5.69 Å². The van der Waals surface area contributed by atoms with Crippen molar-refractivity contribution in [2.24, 2.45) is 5.10 Å². The Labute approximate surface area is 150 Å². The van der Waals surface area contributed by atoms with E-state index in [-0.39, 0.29) is 5.91 Å². The molecule has 1 heterocycles. The summed E-state index contributed by atoms with van der Waals surface area (Å²) in [5, 5.41) is 3.99. The van der Waals surface area contributed by atoms with E-state index in [1.54, 1.807) is 36.4 Å². The first kappa shape index (κ1) is 17.2. The molecule has 26 heavy (non-hydrogen) atoms. The van der Waals surface area contributed by atoms with Crippen molar-refractivity contribution in [2.75, 3.05) is 7.11 Å². The highest BCUT2D eigenvalue weighted by molar-refractivity contribution is 5.98. The molecule has 0 aliphatic carbocycles. The van der Waals surface area contributed by atoms with Crippen molar-refractivity contribution in [3.05, 3.63) is 89.7 Å². The summed E-state index contributed by atoms with van der Waals surface area (Å²) in [6.07, 6.45) is 5.26. The number of aromatic nitrogens is 1. The molecule has 3 rings (SSSR count). The molecule has 0 radical (unpaired) electrons. The van der Waals surface area contributed by atoms with E-state index >= 15 is 0 Å². The first-order chi connectivity index (χ1) is 12.7. The van der Waals surface area contributed by atoms with Crippen LogP contribution in [0.3, 0.4) is 0 Å². The molecular formula is C20H17N3O3. The summed E-state index contributed by atoms with van der Waals surface area (Å²) in [5.74, 6) is -0.708. The number of carbonyl (C=O) groups is 2. The number of amides is 1. The van der Waals surface area contributed by atoms with Gasteiger partial charge in [-0.25, -0.2) is 10.2 Å². The summed E-state index contributed by atoms with van der Waals surface area (Å²) < 4.78 is 6.51. The molecule has 0 fully saturated rings. The Bertz CT molecular complexity index is 929. The number of hydrogen-bond donors (Lipinski definition) is 1. The van der Waals surface area contributed by atoms with Crippen LogP contribution in [-0.4, -0.2) is 29.8 Å². The Kier molecular flexibility index (Phi) is 5.24. The van der Waals surface area contributed by atoms with Crippen molar-refractivity contribution < 1.29 is 14.3 Å². The molecule has 0 bridgehead atoms. The van der Waals surface area contributed by atoms with E-state index in [1.165, 1.54) is 13.3 Å². The summed E-state index contributed by atoms with van der Waals surface area (Å²) in [6.45, 7) is 0. The number of nitrogens with one attached hydrogen (secondary N) is 1. The Morgan fingerprint density at radius 1 is 1.00 bits per heavy atom. The number of hydrogen-bond acceptors (Lipinski definition) is 4. The molecule has 2 aromatic carbocycles. The molecule has 0 saturated heterocycles. The molecule has 1 N–H and O–H groups in total. The molecule has 0 aliphatic rings. The van der Waals surface area contributed by atoms with E-state index in [0.29, 0.717) is 11.1 Å². The fourth-order valence-electron chi connectivity index (χ4n) is 2.43. The Balaban J connectivity index is 1.70. The summed E-state index contributed by atoms with van der Waals surface area (Å²) in [7, 11) is 1.33. The molecule has 0 spiro atoms. The van der Waals surface area contributed by atoms with E-state index in [1.807, 2.05) is 41.2 Å². The molecule has 0 aliphatic heterocycles. The standard InChI is InChI=1S/C20H17N3O3/c1-26-20(25)16-10-8-15(9-11-16)14-21-22-19(24)17-6-2-3-7-18(17)23-12-4-5-13-23/h2-14H,1H3,(H,22,24)/b21-14+. The molecule has 6 nitrogen and oxygen atoms in total. The number of nitrogens with zero attached hydrogens (tertiary/aromatic N) is 2. The van der Waals surface area contributed by atoms with Crippen LogP contribution in [0, 0.1) is 0 Å². The van der Waals surface area contributed by atoms with Gasteiger partial charge in [0.1, 0.15) is 0 Å². The van der Waals surface area contributed by atoms with E-state index in [9.17, 15) is 9.59 Å². The molecule has 1 amide bonds. The minimum absolute atomic E-state index is 0.309. The maximum absolute atomic E-state index is 12.4. The maximum atomic E-state index is 12.4. The zero-order valence-corrected chi connectivity index (χ0v) is 14.1. The highest BCUT2D eigenvalue weighted by Gasteiger charge is 2.11. The number of hydrazone groups is 1. The van der Waals surface area contributed by atoms with Gasteiger partial charge in [0.15, 0.2) is 0 Å². The molecule has 6 heteroatoms. The second-order valence-electron chi connectivity index (χ2n) is 5.42. The van der Waals surface area contributed by atoms with E-state index < -0.39 is 5.97 Å². The van der Waals surface area contributed by atoms with Gasteiger partial charge in [-0.3, -0.25) is 4.79 Å². The minimum atomic E-state index is -0.400. The smallest absolute Gasteiger partial charge is 0.337 e. The lowest BCUT2D eigenvalue weighted by molar-refractivity contribution is 0.0600. The van der Waals surface area contributed by atoms with Crippen molar-refractivity contribution in [2.45, 2.75) is 0 Å². The van der Waals surface area contributed by atoms with Gasteiger partial charge >= 0.3 is 5.97 Å². The van der Waals surface area contributed by atoms with Crippen LogP contribution in [0.25, 0.3) is 5.69 Å². The lowest BCUT2D eigenvalue weighted by Gasteiger charge is -2.09. The van der Waals surface area contributed by atoms with Crippen LogP contribution < -0.4 is 5.43 Å². The summed E-state index contributed by atoms with van der Waals surface area (Å²) in [5.41, 5.74) is 5.01. The maximum Gasteiger partial charge on any atom is 0.337 e. The predicted molar refractivity (Wildman–Crippen MR) is 98.6 cm³/mol. The van der Waals surface area contributed by atoms with Crippen molar-refractivity contribution in [3.63, 3.8) is 0 Å². The fraction of sp³-hybridized carbons (Fsp3) is 0.0500. The normalized spacial score (nSPS) is 10.7. The van der Waals surface area contributed by atoms with Crippen molar-refractivity contribution in [1.29, 1.82) is 0 Å². The third-order valence-electron chi connectivity index (χ3n) is 3.74. The van der Waals surface area contributed by atoms with Gasteiger partial charge in [0.05, 0.1) is 30.1 Å². The monoisotopic (exact) mass is 347 g/mol. The van der Waals surface area contributed by atoms with Gasteiger partial charge in [0, 0.05) is 12.4 Å². The van der Waals surface area contributed by atoms with Crippen molar-refractivity contribution >= 4 is 18.1 Å². The van der Waals surface area contributed by atoms with Crippen LogP contribution in [0.15, 0.2) is 78.2 Å². The number of methoxy groups -OCH3 is 1. The highest BCUT2D eigenvalue weighted by atomic mass is 16.5. The average molecular weight is 347 g/mol. The fourth-order valence-corrected chi connectivity index (χ4v) is 2.43. The number of rotatable bonds is 5. The van der Waals surface area contributed by atoms with Gasteiger partial charge in [0.25, 0.3) is 5.91 Å². The first-order valence-electron chi connectivity index (χ1n) is 7.93. The van der Waals surface area contributed by atoms with Crippen LogP contribution in [0.5, 0.6) is 0 Å². The third-order valence-corrected chi connectivity index (χ3v) is 3.74. The second-order valence-corrected chi connectivity index (χ2v) is 5.42. The number of benzene rings is 2. The van der Waals surface area contributed by atoms with Gasteiger partial charge in [-0.05, 0) is 42.0 Å². The molecule has 0 unspecified atom stereocenters. The van der Waals surface area contributed by atoms with E-state index in [4.69, 9.17) is 0 Å². The lowest BCUT2D eigenvalue weighted by atomic mass is 10.1. The largest absolute Gasteiger partial charge is 0.465 e. The van der Waals surface area contributed by atoms with Crippen LogP contribution in [0.1, 0.15) is 26.3 Å². The van der Waals surface area contributed by atoms with Gasteiger partial charge in [-0.2, -0.15) is 5.10 Å². The molecule has 0 atom stereocenters. The van der Waals surface area contributed by atoms with E-state index in [0.717, 1.165) is 11.3 Å². The van der Waals surface area contributed by atoms with Gasteiger partial charge in [-0.1, -0.05) is 24.3 Å². The molecule has 0 saturated carbocycles. The molecular weight excluding hydrogens is 330 g/mol. The highest BCUT2D eigenvalue weighted by Crippen LogP contribution is 2.14. The molecule has 1 aromatic heterocycles. The summed E-state index contributed by atoms with van der Waals surface area (Å²) in [6, 6.07) is 17.8. The van der Waals surface area contributed by atoms with Crippen molar-refractivity contribution in [1.82, 2.24) is 9.99 Å². The van der Waals surface area contributed by atoms with Gasteiger partial charge in [0.2, 0.25) is 0 Å². The summed E-state index contributed by atoms with van der Waals surface area (Å²) in [4.78, 5) is 23.8. The second kappa shape index (κ2) is 7.94. The zero-order chi connectivity index (χ0) is 18.4. The van der Waals surface area contributed by atoms with Crippen LogP contribution in [-0.2, 0) is 4.74 Å². The van der Waals surface area contributed by atoms with E-state index in [2.05, 4.69) is 15.3 Å². The predicted octanol–water partition coefficient (Wildman–Crippen LogP) is 3.03. The average Bonchev–Trinajstić information content (AvgIpc) is 3.22. The molecule has 130 valence electrons. The van der Waals surface area contributed by atoms with Gasteiger partial charge in [-0.15, -0.1) is 0 Å². The Morgan fingerprint density at radius 3 is 2.38 bits per heavy atom. The zero-order valence-electron chi connectivity index (χ0n) is 14.1. The number of carbonyl (C=O) groups excluding carboxylic acids is 2. The number of para-hydroxylation sites is 1. The SMILES string of the molecule is COC(=O)c1ccc(/C=N/NC(=O)c2ccccc2-n2cccc2)cc1. The first-order valence-corrected chi connectivity index (χ1v) is 7.93. The Morgan fingerprint density at radius 2 is 1.69 bits per heavy atom. The topological polar surface area (TPSA) is 72.7 Å². The van der Waals surface area contributed by atoms with Gasteiger partial charge < -0.3 is 9.30 Å².